The fraction of sp³-hybridized carbons (Fsp3) is 0.607. The van der Waals surface area contributed by atoms with Crippen LogP contribution in [0.3, 0.4) is 0 Å². The SMILES string of the molecule is CCC(CCN(C)CC1CCNCC1)OCC#Cc1cccc2c1n(C)c(=O)n2C(C=O)CCC=O. The number of carbonyl (C=O) groups is 2. The molecule has 36 heavy (non-hydrogen) atoms. The first kappa shape index (κ1) is 27.9. The van der Waals surface area contributed by atoms with Gasteiger partial charge < -0.3 is 24.5 Å². The summed E-state index contributed by atoms with van der Waals surface area (Å²) in [5, 5.41) is 3.42. The molecular formula is C28H40N4O4. The summed E-state index contributed by atoms with van der Waals surface area (Å²) < 4.78 is 9.04. The van der Waals surface area contributed by atoms with Crippen LogP contribution in [-0.4, -0.2) is 72.5 Å². The van der Waals surface area contributed by atoms with Crippen LogP contribution >= 0.6 is 0 Å². The molecule has 0 radical (unpaired) electrons. The zero-order chi connectivity index (χ0) is 25.9. The number of piperidine rings is 1. The fourth-order valence-corrected chi connectivity index (χ4v) is 5.01. The van der Waals surface area contributed by atoms with Crippen LogP contribution in [0.25, 0.3) is 11.0 Å². The Morgan fingerprint density at radius 2 is 2.03 bits per heavy atom. The minimum atomic E-state index is -0.684. The third-order valence-electron chi connectivity index (χ3n) is 7.10. The summed E-state index contributed by atoms with van der Waals surface area (Å²) in [6.45, 7) is 6.86. The summed E-state index contributed by atoms with van der Waals surface area (Å²) in [5.41, 5.74) is 1.74. The third-order valence-corrected chi connectivity index (χ3v) is 7.10. The van der Waals surface area contributed by atoms with E-state index >= 15 is 0 Å². The summed E-state index contributed by atoms with van der Waals surface area (Å²) in [7, 11) is 3.87. The van der Waals surface area contributed by atoms with Crippen LogP contribution in [0.5, 0.6) is 0 Å². The largest absolute Gasteiger partial charge is 0.366 e. The quantitative estimate of drug-likeness (QED) is 0.339. The Morgan fingerprint density at radius 1 is 1.25 bits per heavy atom. The van der Waals surface area contributed by atoms with Crippen LogP contribution in [0.1, 0.15) is 57.1 Å². The van der Waals surface area contributed by atoms with Gasteiger partial charge in [0.2, 0.25) is 0 Å². The van der Waals surface area contributed by atoms with E-state index in [-0.39, 0.29) is 18.2 Å². The van der Waals surface area contributed by atoms with E-state index < -0.39 is 6.04 Å². The molecule has 1 aliphatic heterocycles. The highest BCUT2D eigenvalue weighted by Gasteiger charge is 2.20. The maximum atomic E-state index is 12.9. The van der Waals surface area contributed by atoms with Crippen molar-refractivity contribution in [1.82, 2.24) is 19.4 Å². The van der Waals surface area contributed by atoms with Gasteiger partial charge in [0.1, 0.15) is 19.2 Å². The number of aromatic nitrogens is 2. The van der Waals surface area contributed by atoms with E-state index in [1.807, 2.05) is 18.2 Å². The molecule has 0 aliphatic carbocycles. The molecule has 2 atom stereocenters. The van der Waals surface area contributed by atoms with Crippen molar-refractivity contribution in [2.75, 3.05) is 39.8 Å². The minimum Gasteiger partial charge on any atom is -0.366 e. The van der Waals surface area contributed by atoms with Crippen molar-refractivity contribution >= 4 is 23.6 Å². The van der Waals surface area contributed by atoms with E-state index in [1.165, 1.54) is 22.0 Å². The van der Waals surface area contributed by atoms with Crippen LogP contribution in [0.2, 0.25) is 0 Å². The predicted molar refractivity (Wildman–Crippen MR) is 142 cm³/mol. The van der Waals surface area contributed by atoms with Crippen LogP contribution in [-0.2, 0) is 21.4 Å². The Balaban J connectivity index is 1.62. The lowest BCUT2D eigenvalue weighted by Crippen LogP contribution is -2.35. The molecule has 2 heterocycles. The third kappa shape index (κ3) is 7.16. The van der Waals surface area contributed by atoms with Crippen molar-refractivity contribution in [2.24, 2.45) is 13.0 Å². The molecule has 1 N–H and O–H groups in total. The maximum absolute atomic E-state index is 12.9. The summed E-state index contributed by atoms with van der Waals surface area (Å²) in [6, 6.07) is 4.82. The van der Waals surface area contributed by atoms with Crippen LogP contribution < -0.4 is 11.0 Å². The molecule has 1 aromatic carbocycles. The first-order valence-electron chi connectivity index (χ1n) is 13.1. The Hall–Kier alpha value is -2.73. The number of carbonyl (C=O) groups excluding carboxylic acids is 2. The highest BCUT2D eigenvalue weighted by molar-refractivity contribution is 5.83. The van der Waals surface area contributed by atoms with Gasteiger partial charge in [0.15, 0.2) is 0 Å². The molecule has 8 nitrogen and oxygen atoms in total. The number of benzene rings is 1. The van der Waals surface area contributed by atoms with Crippen molar-refractivity contribution in [2.45, 2.75) is 57.6 Å². The molecule has 1 aliphatic rings. The molecule has 1 saturated heterocycles. The molecule has 3 rings (SSSR count). The average molecular weight is 497 g/mol. The number of imidazole rings is 1. The lowest BCUT2D eigenvalue weighted by atomic mass is 9.97. The lowest BCUT2D eigenvalue weighted by Gasteiger charge is -2.28. The van der Waals surface area contributed by atoms with Gasteiger partial charge >= 0.3 is 5.69 Å². The minimum absolute atomic E-state index is 0.155. The first-order valence-corrected chi connectivity index (χ1v) is 13.1. The summed E-state index contributed by atoms with van der Waals surface area (Å²) in [4.78, 5) is 37.8. The Morgan fingerprint density at radius 3 is 2.72 bits per heavy atom. The molecule has 8 heteroatoms. The molecule has 1 aromatic heterocycles. The van der Waals surface area contributed by atoms with Gasteiger partial charge in [-0.1, -0.05) is 24.8 Å². The van der Waals surface area contributed by atoms with Gasteiger partial charge in [-0.05, 0) is 70.3 Å². The molecule has 2 unspecified atom stereocenters. The van der Waals surface area contributed by atoms with Gasteiger partial charge in [0.05, 0.1) is 28.7 Å². The molecular weight excluding hydrogens is 456 g/mol. The molecule has 0 amide bonds. The lowest BCUT2D eigenvalue weighted by molar-refractivity contribution is -0.111. The van der Waals surface area contributed by atoms with Crippen LogP contribution in [0.4, 0.5) is 0 Å². The molecule has 0 spiro atoms. The average Bonchev–Trinajstić information content (AvgIpc) is 3.15. The van der Waals surface area contributed by atoms with Crippen LogP contribution in [0, 0.1) is 17.8 Å². The second-order valence-electron chi connectivity index (χ2n) is 9.72. The molecule has 196 valence electrons. The monoisotopic (exact) mass is 496 g/mol. The molecule has 1 fully saturated rings. The normalized spacial score (nSPS) is 16.0. The van der Waals surface area contributed by atoms with Gasteiger partial charge in [-0.2, -0.15) is 0 Å². The van der Waals surface area contributed by atoms with E-state index in [4.69, 9.17) is 4.74 Å². The standard InChI is InChI=1S/C28H40N4O4/c1-4-25(14-17-30(2)20-22-12-15-29-16-13-22)36-19-7-9-23-8-5-11-26-27(23)31(3)28(35)32(26)24(21-34)10-6-18-33/h5,8,11,18,21-22,24-25,29H,4,6,10,12-17,19-20H2,1-3H3. The van der Waals surface area contributed by atoms with E-state index in [0.29, 0.717) is 29.6 Å². The number of ether oxygens (including phenoxy) is 1. The number of rotatable bonds is 13. The maximum Gasteiger partial charge on any atom is 0.329 e. The van der Waals surface area contributed by atoms with Crippen molar-refractivity contribution in [3.63, 3.8) is 0 Å². The van der Waals surface area contributed by atoms with Crippen molar-refractivity contribution in [3.8, 4) is 11.8 Å². The van der Waals surface area contributed by atoms with Gasteiger partial charge in [-0.15, -0.1) is 0 Å². The van der Waals surface area contributed by atoms with Crippen molar-refractivity contribution in [1.29, 1.82) is 0 Å². The summed E-state index contributed by atoms with van der Waals surface area (Å²) >= 11 is 0. The second-order valence-corrected chi connectivity index (χ2v) is 9.72. The number of hydrogen-bond acceptors (Lipinski definition) is 6. The van der Waals surface area contributed by atoms with Crippen molar-refractivity contribution in [3.05, 3.63) is 34.2 Å². The number of aryl methyl sites for hydroxylation is 1. The molecule has 0 bridgehead atoms. The highest BCUT2D eigenvalue weighted by Crippen LogP contribution is 2.21. The first-order chi connectivity index (χ1) is 17.5. The number of para-hydroxylation sites is 1. The number of fused-ring (bicyclic) bond motifs is 1. The fourth-order valence-electron chi connectivity index (χ4n) is 5.01. The molecule has 0 saturated carbocycles. The van der Waals surface area contributed by atoms with Gasteiger partial charge in [-0.3, -0.25) is 9.13 Å². The van der Waals surface area contributed by atoms with Crippen molar-refractivity contribution < 1.29 is 14.3 Å². The van der Waals surface area contributed by atoms with Gasteiger partial charge in [0.25, 0.3) is 0 Å². The van der Waals surface area contributed by atoms with Crippen LogP contribution in [0.15, 0.2) is 23.0 Å². The smallest absolute Gasteiger partial charge is 0.329 e. The molecule has 2 aromatic rings. The van der Waals surface area contributed by atoms with Gasteiger partial charge in [0, 0.05) is 26.6 Å². The zero-order valence-corrected chi connectivity index (χ0v) is 21.9. The number of aldehydes is 2. The Bertz CT molecular complexity index is 1120. The Kier molecular flexibility index (Phi) is 10.9. The van der Waals surface area contributed by atoms with E-state index in [0.717, 1.165) is 57.5 Å². The Labute approximate surface area is 214 Å². The van der Waals surface area contributed by atoms with Gasteiger partial charge in [-0.25, -0.2) is 4.79 Å². The van der Waals surface area contributed by atoms with E-state index in [2.05, 4.69) is 36.0 Å². The second kappa shape index (κ2) is 14.1. The summed E-state index contributed by atoms with van der Waals surface area (Å²) in [6.07, 6.45) is 6.57. The topological polar surface area (TPSA) is 85.6 Å². The predicted octanol–water partition coefficient (Wildman–Crippen LogP) is 2.53. The zero-order valence-electron chi connectivity index (χ0n) is 21.9. The highest BCUT2D eigenvalue weighted by atomic mass is 16.5. The van der Waals surface area contributed by atoms with E-state index in [1.54, 1.807) is 7.05 Å². The summed E-state index contributed by atoms with van der Waals surface area (Å²) in [5.74, 6) is 7.05. The number of nitrogens with one attached hydrogen (secondary N) is 1. The number of nitrogens with zero attached hydrogens (tertiary/aromatic N) is 3. The number of hydrogen-bond donors (Lipinski definition) is 1. The van der Waals surface area contributed by atoms with E-state index in [9.17, 15) is 14.4 Å².